The molecule has 0 spiro atoms. The van der Waals surface area contributed by atoms with Crippen molar-refractivity contribution in [2.75, 3.05) is 27.1 Å². The molecule has 15 unspecified atom stereocenters. The number of nitrogens with two attached hydrogens (primary N) is 3. The third kappa shape index (κ3) is 10.6. The number of carbonyl (C=O) groups is 1. The summed E-state index contributed by atoms with van der Waals surface area (Å²) in [5.74, 6) is -0.295. The molecule has 13 heteroatoms. The number of rotatable bonds is 14. The number of carboxylic acids is 1. The Morgan fingerprint density at radius 2 is 1.76 bits per heavy atom. The van der Waals surface area contributed by atoms with Crippen LogP contribution in [0.4, 0.5) is 0 Å². The summed E-state index contributed by atoms with van der Waals surface area (Å²) in [4.78, 5) is 12.2. The Morgan fingerprint density at radius 1 is 0.959 bits per heavy atom. The van der Waals surface area contributed by atoms with Crippen LogP contribution in [-0.4, -0.2) is 121 Å². The van der Waals surface area contributed by atoms with Crippen molar-refractivity contribution >= 4 is 5.97 Å². The van der Waals surface area contributed by atoms with Crippen LogP contribution in [0.2, 0.25) is 0 Å². The molecule has 15 atom stereocenters. The standard InChI is InChI=1S/C36H65N3O10/c1-21-7-9-36(18-34(43)44,17-23-8-10-38-33(37)12-23)32(39-21)19-47-31-14-24(13-30(46-2)35(31)45)28-16-25(41)15-26(49-28)5-3-22-4-6-27(42)29(11-22)48-20-40/h21-33,35,38-42,45H,3-20,37H2,1-2H3,(H,43,44)/p+1. The quantitative estimate of drug-likeness (QED) is 0.101. The maximum Gasteiger partial charge on any atom is 0.144 e. The molecular weight excluding hydrogens is 634 g/mol. The lowest BCUT2D eigenvalue weighted by atomic mass is 9.64. The molecule has 0 aromatic carbocycles. The number of carboxylic acid groups (broad SMARTS) is 1. The fourth-order valence-electron chi connectivity index (χ4n) is 10.2. The SMILES string of the molecule is COC1CC(C2CC(O)CC(CCC3CCC(O)C(OCO)C3)O2)CC(OCC2[NH2+]C(C)CCC2(CC(=O)[O-])CC2CC[NH2+]C(N)C2)C1O. The highest BCUT2D eigenvalue weighted by atomic mass is 16.6. The van der Waals surface area contributed by atoms with E-state index in [1.54, 1.807) is 7.11 Å². The Hall–Kier alpha value is -0.970. The zero-order chi connectivity index (χ0) is 35.1. The lowest BCUT2D eigenvalue weighted by Crippen LogP contribution is -3.00. The predicted octanol–water partition coefficient (Wildman–Crippen LogP) is -1.77. The minimum atomic E-state index is -1.03. The molecule has 0 amide bonds. The Bertz CT molecular complexity index is 1030. The van der Waals surface area contributed by atoms with Gasteiger partial charge in [0.2, 0.25) is 0 Å². The van der Waals surface area contributed by atoms with E-state index in [-0.39, 0.29) is 42.9 Å². The monoisotopic (exact) mass is 700 g/mol. The van der Waals surface area contributed by atoms with Crippen LogP contribution in [0, 0.1) is 23.2 Å². The van der Waals surface area contributed by atoms with Gasteiger partial charge in [-0.3, -0.25) is 5.73 Å². The molecule has 13 nitrogen and oxygen atoms in total. The van der Waals surface area contributed by atoms with Gasteiger partial charge in [-0.25, -0.2) is 0 Å². The molecule has 0 aromatic rings. The Balaban J connectivity index is 1.22. The van der Waals surface area contributed by atoms with Gasteiger partial charge in [0, 0.05) is 24.9 Å². The van der Waals surface area contributed by atoms with Crippen LogP contribution in [0.25, 0.3) is 0 Å². The first kappa shape index (κ1) is 39.2. The number of methoxy groups -OCH3 is 1. The fraction of sp³-hybridized carbons (Fsp3) is 0.972. The highest BCUT2D eigenvalue weighted by Crippen LogP contribution is 2.43. The summed E-state index contributed by atoms with van der Waals surface area (Å²) in [6.45, 7) is 3.05. The number of aliphatic hydroxyl groups is 4. The summed E-state index contributed by atoms with van der Waals surface area (Å²) in [6, 6.07) is 0.243. The highest BCUT2D eigenvalue weighted by molar-refractivity contribution is 5.65. The van der Waals surface area contributed by atoms with Crippen molar-refractivity contribution in [2.24, 2.45) is 28.9 Å². The number of carbonyl (C=O) groups excluding carboxylic acids is 1. The first-order valence-corrected chi connectivity index (χ1v) is 19.2. The van der Waals surface area contributed by atoms with E-state index in [2.05, 4.69) is 17.6 Å². The molecular formula is C36H66N3O10+. The normalized spacial score (nSPS) is 45.2. The van der Waals surface area contributed by atoms with Gasteiger partial charge in [0.1, 0.15) is 25.1 Å². The number of aliphatic carboxylic acids is 1. The average molecular weight is 701 g/mol. The van der Waals surface area contributed by atoms with Crippen LogP contribution in [0.3, 0.4) is 0 Å². The van der Waals surface area contributed by atoms with Gasteiger partial charge >= 0.3 is 0 Å². The molecule has 3 aliphatic heterocycles. The maximum absolute atomic E-state index is 12.2. The van der Waals surface area contributed by atoms with Crippen LogP contribution in [-0.2, 0) is 23.7 Å². The number of ether oxygens (including phenoxy) is 4. The number of hydrogen-bond acceptors (Lipinski definition) is 11. The molecule has 0 aromatic heterocycles. The van der Waals surface area contributed by atoms with Gasteiger partial charge in [-0.05, 0) is 115 Å². The second-order valence-electron chi connectivity index (χ2n) is 16.5. The van der Waals surface area contributed by atoms with Crippen molar-refractivity contribution in [3.63, 3.8) is 0 Å². The third-order valence-electron chi connectivity index (χ3n) is 12.9. The van der Waals surface area contributed by atoms with Crippen molar-refractivity contribution in [2.45, 2.75) is 170 Å². The summed E-state index contributed by atoms with van der Waals surface area (Å²) >= 11 is 0. The number of aliphatic hydroxyl groups excluding tert-OH is 4. The molecule has 3 heterocycles. The summed E-state index contributed by atoms with van der Waals surface area (Å²) < 4.78 is 24.4. The van der Waals surface area contributed by atoms with Crippen LogP contribution in [0.5, 0.6) is 0 Å². The minimum Gasteiger partial charge on any atom is -0.550 e. The zero-order valence-corrected chi connectivity index (χ0v) is 29.8. The van der Waals surface area contributed by atoms with E-state index >= 15 is 0 Å². The van der Waals surface area contributed by atoms with Crippen molar-refractivity contribution < 1.29 is 59.9 Å². The number of piperidine rings is 2. The molecule has 3 saturated heterocycles. The Morgan fingerprint density at radius 3 is 2.49 bits per heavy atom. The lowest BCUT2D eigenvalue weighted by molar-refractivity contribution is -0.744. The van der Waals surface area contributed by atoms with Crippen LogP contribution in [0.1, 0.15) is 103 Å². The van der Waals surface area contributed by atoms with Gasteiger partial charge in [-0.2, -0.15) is 0 Å². The molecule has 2 saturated carbocycles. The largest absolute Gasteiger partial charge is 0.550 e. The summed E-state index contributed by atoms with van der Waals surface area (Å²) in [7, 11) is 1.61. The van der Waals surface area contributed by atoms with Crippen molar-refractivity contribution in [3.8, 4) is 0 Å². The van der Waals surface area contributed by atoms with E-state index in [1.165, 1.54) is 0 Å². The van der Waals surface area contributed by atoms with E-state index in [4.69, 9.17) is 24.7 Å². The molecule has 284 valence electrons. The fourth-order valence-corrected chi connectivity index (χ4v) is 10.2. The molecule has 49 heavy (non-hydrogen) atoms. The zero-order valence-electron chi connectivity index (χ0n) is 29.8. The number of quaternary nitrogens is 2. The smallest absolute Gasteiger partial charge is 0.144 e. The van der Waals surface area contributed by atoms with Gasteiger partial charge in [0.05, 0.1) is 61.9 Å². The predicted molar refractivity (Wildman–Crippen MR) is 176 cm³/mol. The third-order valence-corrected chi connectivity index (χ3v) is 12.9. The van der Waals surface area contributed by atoms with Crippen molar-refractivity contribution in [1.29, 1.82) is 0 Å². The first-order chi connectivity index (χ1) is 23.5. The van der Waals surface area contributed by atoms with Gasteiger partial charge in [-0.15, -0.1) is 0 Å². The second-order valence-corrected chi connectivity index (χ2v) is 16.5. The summed E-state index contributed by atoms with van der Waals surface area (Å²) in [5, 5.41) is 58.4. The van der Waals surface area contributed by atoms with Gasteiger partial charge in [0.15, 0.2) is 0 Å². The first-order valence-electron chi connectivity index (χ1n) is 19.2. The Labute approximate surface area is 292 Å². The second kappa shape index (κ2) is 18.2. The molecule has 0 radical (unpaired) electrons. The van der Waals surface area contributed by atoms with Crippen LogP contribution in [0.15, 0.2) is 0 Å². The molecule has 0 bridgehead atoms. The topological polar surface area (TPSA) is 217 Å². The molecule has 2 aliphatic carbocycles. The van der Waals surface area contributed by atoms with Gasteiger partial charge in [0.25, 0.3) is 0 Å². The molecule has 5 aliphatic rings. The molecule has 5 rings (SSSR count). The molecule has 10 N–H and O–H groups in total. The van der Waals surface area contributed by atoms with E-state index < -0.39 is 48.7 Å². The summed E-state index contributed by atoms with van der Waals surface area (Å²) in [6.07, 6.45) is 7.15. The van der Waals surface area contributed by atoms with Crippen LogP contribution >= 0.6 is 0 Å². The van der Waals surface area contributed by atoms with Crippen LogP contribution < -0.4 is 21.5 Å². The summed E-state index contributed by atoms with van der Waals surface area (Å²) in [5.41, 5.74) is 5.81. The Kier molecular flexibility index (Phi) is 14.6. The van der Waals surface area contributed by atoms with E-state index in [0.717, 1.165) is 57.9 Å². The molecule has 5 fully saturated rings. The maximum atomic E-state index is 12.2. The van der Waals surface area contributed by atoms with E-state index in [1.807, 2.05) is 0 Å². The lowest BCUT2D eigenvalue weighted by Gasteiger charge is -2.48. The average Bonchev–Trinajstić information content (AvgIpc) is 3.05. The highest BCUT2D eigenvalue weighted by Gasteiger charge is 2.49. The van der Waals surface area contributed by atoms with Crippen molar-refractivity contribution in [3.05, 3.63) is 0 Å². The van der Waals surface area contributed by atoms with E-state index in [9.17, 15) is 30.3 Å². The minimum absolute atomic E-state index is 0.0119. The van der Waals surface area contributed by atoms with Gasteiger partial charge in [-0.1, -0.05) is 0 Å². The number of hydrogen-bond donors (Lipinski definition) is 7. The van der Waals surface area contributed by atoms with Crippen molar-refractivity contribution in [1.82, 2.24) is 0 Å². The van der Waals surface area contributed by atoms with Gasteiger partial charge < -0.3 is 59.9 Å². The van der Waals surface area contributed by atoms with E-state index in [0.29, 0.717) is 63.0 Å².